The number of hydrogen-bond donors (Lipinski definition) is 1. The molecule has 0 radical (unpaired) electrons. The average Bonchev–Trinajstić information content (AvgIpc) is 3.34. The fourth-order valence-electron chi connectivity index (χ4n) is 4.41. The number of nitrogens with zero attached hydrogens (tertiary/aromatic N) is 3. The van der Waals surface area contributed by atoms with Crippen LogP contribution >= 0.6 is 0 Å². The number of fused-ring (bicyclic) bond motifs is 1. The van der Waals surface area contributed by atoms with Crippen molar-refractivity contribution in [3.05, 3.63) is 78.4 Å². The summed E-state index contributed by atoms with van der Waals surface area (Å²) < 4.78 is 17.0. The van der Waals surface area contributed by atoms with E-state index in [-0.39, 0.29) is 6.09 Å². The third kappa shape index (κ3) is 6.56. The lowest BCUT2D eigenvalue weighted by molar-refractivity contribution is 0.0139. The van der Waals surface area contributed by atoms with E-state index in [4.69, 9.17) is 18.9 Å². The number of carbonyl (C=O) groups excluding carboxylic acids is 2. The van der Waals surface area contributed by atoms with Crippen LogP contribution in [0.15, 0.2) is 77.2 Å². The maximum Gasteiger partial charge on any atom is 0.417 e. The van der Waals surface area contributed by atoms with E-state index in [1.807, 2.05) is 63.2 Å². The molecule has 4 aromatic rings. The first-order chi connectivity index (χ1) is 18.7. The Hall–Kier alpha value is -4.37. The zero-order chi connectivity index (χ0) is 27.4. The SMILES string of the molecule is CC(C)(C)OC(=O)N1CCN(Cc2cccc3oc(-c4ccccc4NC(=O)Oc4ccccc4)nc23)CC1. The van der Waals surface area contributed by atoms with Crippen LogP contribution in [0.1, 0.15) is 26.3 Å². The van der Waals surface area contributed by atoms with Gasteiger partial charge in [-0.3, -0.25) is 10.2 Å². The fraction of sp³-hybridized carbons (Fsp3) is 0.300. The summed E-state index contributed by atoms with van der Waals surface area (Å²) in [6.45, 7) is 8.97. The van der Waals surface area contributed by atoms with Gasteiger partial charge in [0.2, 0.25) is 5.89 Å². The lowest BCUT2D eigenvalue weighted by Gasteiger charge is -2.35. The summed E-state index contributed by atoms with van der Waals surface area (Å²) in [7, 11) is 0. The van der Waals surface area contributed by atoms with Gasteiger partial charge in [0.1, 0.15) is 16.9 Å². The minimum atomic E-state index is -0.601. The van der Waals surface area contributed by atoms with Gasteiger partial charge < -0.3 is 18.8 Å². The molecule has 1 aromatic heterocycles. The molecule has 1 aliphatic heterocycles. The molecule has 0 unspecified atom stereocenters. The van der Waals surface area contributed by atoms with Crippen molar-refractivity contribution in [1.82, 2.24) is 14.8 Å². The number of amides is 2. The van der Waals surface area contributed by atoms with Crippen LogP contribution in [0.3, 0.4) is 0 Å². The summed E-state index contributed by atoms with van der Waals surface area (Å²) in [5, 5.41) is 2.80. The molecule has 5 rings (SSSR count). The smallest absolute Gasteiger partial charge is 0.417 e. The normalized spacial score (nSPS) is 14.3. The summed E-state index contributed by atoms with van der Waals surface area (Å²) >= 11 is 0. The largest absolute Gasteiger partial charge is 0.444 e. The third-order valence-corrected chi connectivity index (χ3v) is 6.27. The molecular weight excluding hydrogens is 496 g/mol. The summed E-state index contributed by atoms with van der Waals surface area (Å²) in [5.74, 6) is 0.855. The highest BCUT2D eigenvalue weighted by Crippen LogP contribution is 2.32. The van der Waals surface area contributed by atoms with E-state index >= 15 is 0 Å². The van der Waals surface area contributed by atoms with E-state index in [9.17, 15) is 9.59 Å². The lowest BCUT2D eigenvalue weighted by atomic mass is 10.1. The Balaban J connectivity index is 1.29. The standard InChI is InChI=1S/C30H32N4O5/c1-30(2,3)39-29(36)34-18-16-33(17-19-34)20-21-10-9-15-25-26(21)32-27(38-25)23-13-7-8-14-24(23)31-28(35)37-22-11-5-4-6-12-22/h4-15H,16-20H2,1-3H3,(H,31,35). The van der Waals surface area contributed by atoms with Crippen LogP contribution in [0.2, 0.25) is 0 Å². The van der Waals surface area contributed by atoms with Crippen LogP contribution in [0.4, 0.5) is 15.3 Å². The highest BCUT2D eigenvalue weighted by molar-refractivity contribution is 5.92. The summed E-state index contributed by atoms with van der Waals surface area (Å²) in [5.41, 5.74) is 3.13. The van der Waals surface area contributed by atoms with Gasteiger partial charge in [0.05, 0.1) is 11.3 Å². The van der Waals surface area contributed by atoms with Gasteiger partial charge in [0, 0.05) is 32.7 Å². The minimum absolute atomic E-state index is 0.273. The van der Waals surface area contributed by atoms with Crippen molar-refractivity contribution in [3.8, 4) is 17.2 Å². The predicted molar refractivity (Wildman–Crippen MR) is 149 cm³/mol. The number of para-hydroxylation sites is 3. The highest BCUT2D eigenvalue weighted by Gasteiger charge is 2.26. The highest BCUT2D eigenvalue weighted by atomic mass is 16.6. The molecule has 1 N–H and O–H groups in total. The van der Waals surface area contributed by atoms with Crippen molar-refractivity contribution in [2.45, 2.75) is 32.9 Å². The molecule has 1 aliphatic rings. The molecule has 1 fully saturated rings. The first-order valence-corrected chi connectivity index (χ1v) is 13.0. The van der Waals surface area contributed by atoms with Gasteiger partial charge in [-0.2, -0.15) is 0 Å². The molecular formula is C30H32N4O5. The number of ether oxygens (including phenoxy) is 2. The van der Waals surface area contributed by atoms with E-state index < -0.39 is 11.7 Å². The van der Waals surface area contributed by atoms with Crippen LogP contribution in [0.25, 0.3) is 22.6 Å². The van der Waals surface area contributed by atoms with Gasteiger partial charge in [-0.05, 0) is 56.7 Å². The molecule has 0 atom stereocenters. The van der Waals surface area contributed by atoms with E-state index in [1.165, 1.54) is 0 Å². The van der Waals surface area contributed by atoms with Gasteiger partial charge in [-0.15, -0.1) is 0 Å². The maximum atomic E-state index is 12.5. The van der Waals surface area contributed by atoms with Gasteiger partial charge in [-0.1, -0.05) is 42.5 Å². The topological polar surface area (TPSA) is 97.1 Å². The Kier molecular flexibility index (Phi) is 7.51. The number of nitrogens with one attached hydrogen (secondary N) is 1. The Labute approximate surface area is 227 Å². The molecule has 9 heteroatoms. The predicted octanol–water partition coefficient (Wildman–Crippen LogP) is 6.16. The monoisotopic (exact) mass is 528 g/mol. The molecule has 1 saturated heterocycles. The molecule has 202 valence electrons. The van der Waals surface area contributed by atoms with Crippen LogP contribution < -0.4 is 10.1 Å². The minimum Gasteiger partial charge on any atom is -0.444 e. The van der Waals surface area contributed by atoms with Crippen molar-refractivity contribution >= 4 is 29.0 Å². The molecule has 2 heterocycles. The summed E-state index contributed by atoms with van der Waals surface area (Å²) in [6.07, 6.45) is -0.874. The number of anilines is 1. The van der Waals surface area contributed by atoms with Gasteiger partial charge in [0.15, 0.2) is 5.58 Å². The van der Waals surface area contributed by atoms with E-state index in [1.54, 1.807) is 35.2 Å². The number of rotatable bonds is 5. The maximum absolute atomic E-state index is 12.5. The van der Waals surface area contributed by atoms with E-state index in [0.717, 1.165) is 24.2 Å². The van der Waals surface area contributed by atoms with Crippen molar-refractivity contribution in [2.75, 3.05) is 31.5 Å². The van der Waals surface area contributed by atoms with Crippen LogP contribution in [0, 0.1) is 0 Å². The second-order valence-corrected chi connectivity index (χ2v) is 10.4. The third-order valence-electron chi connectivity index (χ3n) is 6.27. The number of hydrogen-bond acceptors (Lipinski definition) is 7. The van der Waals surface area contributed by atoms with Gasteiger partial charge >= 0.3 is 12.2 Å². The summed E-state index contributed by atoms with van der Waals surface area (Å²) in [4.78, 5) is 33.8. The first-order valence-electron chi connectivity index (χ1n) is 13.0. The Morgan fingerprint density at radius 1 is 0.923 bits per heavy atom. The fourth-order valence-corrected chi connectivity index (χ4v) is 4.41. The second kappa shape index (κ2) is 11.2. The molecule has 9 nitrogen and oxygen atoms in total. The molecule has 3 aromatic carbocycles. The molecule has 0 spiro atoms. The zero-order valence-electron chi connectivity index (χ0n) is 22.3. The second-order valence-electron chi connectivity index (χ2n) is 10.4. The van der Waals surface area contributed by atoms with Crippen molar-refractivity contribution in [3.63, 3.8) is 0 Å². The summed E-state index contributed by atoms with van der Waals surface area (Å²) in [6, 6.07) is 22.1. The van der Waals surface area contributed by atoms with E-state index in [0.29, 0.717) is 48.1 Å². The van der Waals surface area contributed by atoms with Gasteiger partial charge in [0.25, 0.3) is 0 Å². The quantitative estimate of drug-likeness (QED) is 0.331. The van der Waals surface area contributed by atoms with Crippen molar-refractivity contribution in [1.29, 1.82) is 0 Å². The van der Waals surface area contributed by atoms with Gasteiger partial charge in [-0.25, -0.2) is 14.6 Å². The number of benzene rings is 3. The van der Waals surface area contributed by atoms with Crippen LogP contribution in [0.5, 0.6) is 5.75 Å². The van der Waals surface area contributed by atoms with Crippen molar-refractivity contribution in [2.24, 2.45) is 0 Å². The molecule has 0 bridgehead atoms. The first kappa shape index (κ1) is 26.2. The molecule has 0 saturated carbocycles. The van der Waals surface area contributed by atoms with Crippen molar-refractivity contribution < 1.29 is 23.5 Å². The molecule has 39 heavy (non-hydrogen) atoms. The average molecular weight is 529 g/mol. The van der Waals surface area contributed by atoms with Crippen LogP contribution in [-0.2, 0) is 11.3 Å². The Morgan fingerprint density at radius 3 is 2.38 bits per heavy atom. The molecule has 0 aliphatic carbocycles. The Bertz CT molecular complexity index is 1450. The number of aromatic nitrogens is 1. The zero-order valence-corrected chi connectivity index (χ0v) is 22.3. The number of piperazine rings is 1. The number of oxazole rings is 1. The molecule has 2 amide bonds. The Morgan fingerprint density at radius 2 is 1.64 bits per heavy atom. The lowest BCUT2D eigenvalue weighted by Crippen LogP contribution is -2.49. The van der Waals surface area contributed by atoms with E-state index in [2.05, 4.69) is 10.2 Å². The van der Waals surface area contributed by atoms with Crippen LogP contribution in [-0.4, -0.2) is 58.8 Å². The number of carbonyl (C=O) groups is 2.